The number of amides is 1. The first-order chi connectivity index (χ1) is 39.5. The van der Waals surface area contributed by atoms with Crippen LogP contribution in [0, 0.1) is 0 Å². The lowest BCUT2D eigenvalue weighted by Crippen LogP contribution is -2.45. The molecule has 0 rings (SSSR count). The first-order valence-corrected chi connectivity index (χ1v) is 36.6. The van der Waals surface area contributed by atoms with E-state index < -0.39 is 12.1 Å². The third-order valence-electron chi connectivity index (χ3n) is 17.3. The molecule has 0 fully saturated rings. The van der Waals surface area contributed by atoms with Gasteiger partial charge in [-0.3, -0.25) is 9.59 Å². The SMILES string of the molecule is CCCCCCCCCCCCCCCCCCCCCCCCCC(O)C(CO)NC(=O)CCCCCCCCCCCCCCC/C=C\C/C=C\CCCCCCCCCCCOC(=O)CCCCCCCCCCCCC. The largest absolute Gasteiger partial charge is 0.466 e. The molecule has 3 N–H and O–H groups in total. The number of ether oxygens (including phenoxy) is 1. The van der Waals surface area contributed by atoms with E-state index in [9.17, 15) is 19.8 Å². The van der Waals surface area contributed by atoms with Crippen molar-refractivity contribution in [2.45, 2.75) is 424 Å². The summed E-state index contributed by atoms with van der Waals surface area (Å²) in [5, 5.41) is 23.4. The highest BCUT2D eigenvalue weighted by molar-refractivity contribution is 5.76. The van der Waals surface area contributed by atoms with Gasteiger partial charge in [0.15, 0.2) is 0 Å². The Morgan fingerprint density at radius 3 is 0.950 bits per heavy atom. The molecule has 0 spiro atoms. The number of aliphatic hydroxyl groups excluding tert-OH is 2. The molecule has 0 aromatic rings. The maximum Gasteiger partial charge on any atom is 0.305 e. The van der Waals surface area contributed by atoms with Gasteiger partial charge in [0.05, 0.1) is 25.4 Å². The summed E-state index contributed by atoms with van der Waals surface area (Å²) in [7, 11) is 0. The Balaban J connectivity index is 3.40. The number of hydrogen-bond acceptors (Lipinski definition) is 5. The molecule has 2 unspecified atom stereocenters. The lowest BCUT2D eigenvalue weighted by atomic mass is 10.0. The second kappa shape index (κ2) is 69.8. The van der Waals surface area contributed by atoms with Gasteiger partial charge in [-0.1, -0.05) is 366 Å². The van der Waals surface area contributed by atoms with Gasteiger partial charge in [-0.05, 0) is 57.8 Å². The van der Waals surface area contributed by atoms with E-state index in [1.165, 1.54) is 334 Å². The predicted octanol–water partition coefficient (Wildman–Crippen LogP) is 23.7. The maximum absolute atomic E-state index is 12.6. The van der Waals surface area contributed by atoms with E-state index in [0.717, 1.165) is 44.9 Å². The van der Waals surface area contributed by atoms with Crippen molar-refractivity contribution in [3.8, 4) is 0 Å². The van der Waals surface area contributed by atoms with Gasteiger partial charge >= 0.3 is 5.97 Å². The van der Waals surface area contributed by atoms with Gasteiger partial charge in [0.25, 0.3) is 0 Å². The number of unbranched alkanes of at least 4 members (excludes halogenated alkanes) is 54. The van der Waals surface area contributed by atoms with Crippen LogP contribution in [0.25, 0.3) is 0 Å². The van der Waals surface area contributed by atoms with E-state index in [4.69, 9.17) is 4.74 Å². The van der Waals surface area contributed by atoms with Crippen LogP contribution in [0.3, 0.4) is 0 Å². The highest BCUT2D eigenvalue weighted by atomic mass is 16.5. The number of esters is 1. The standard InChI is InChI=1S/C74H143NO5/c1-3-5-7-9-11-13-15-16-17-18-19-20-28-31-34-37-40-43-47-50-54-58-62-66-72(77)71(70-76)75-73(78)67-63-59-55-51-48-44-41-38-35-32-29-26-24-22-21-23-25-27-30-33-36-39-42-45-49-53-57-61-65-69-80-74(79)68-64-60-56-52-46-14-12-10-8-6-4-2/h21,23,27,30,71-72,76-77H,3-20,22,24-26,28-29,31-70H2,1-2H3,(H,75,78)/b23-21-,30-27-. The summed E-state index contributed by atoms with van der Waals surface area (Å²) in [4.78, 5) is 24.6. The van der Waals surface area contributed by atoms with Crippen LogP contribution in [0.15, 0.2) is 24.3 Å². The summed E-state index contributed by atoms with van der Waals surface area (Å²) in [6.45, 7) is 4.99. The molecule has 0 aliphatic heterocycles. The zero-order valence-corrected chi connectivity index (χ0v) is 54.3. The Hall–Kier alpha value is -1.66. The van der Waals surface area contributed by atoms with E-state index in [1.54, 1.807) is 0 Å². The zero-order valence-electron chi connectivity index (χ0n) is 54.3. The summed E-state index contributed by atoms with van der Waals surface area (Å²) < 4.78 is 5.47. The molecular weight excluding hydrogens is 983 g/mol. The number of nitrogens with one attached hydrogen (secondary N) is 1. The number of carbonyl (C=O) groups is 2. The second-order valence-electron chi connectivity index (χ2n) is 25.3. The Kier molecular flexibility index (Phi) is 68.4. The molecule has 80 heavy (non-hydrogen) atoms. The Morgan fingerprint density at radius 2 is 0.625 bits per heavy atom. The minimum Gasteiger partial charge on any atom is -0.466 e. The number of hydrogen-bond donors (Lipinski definition) is 3. The van der Waals surface area contributed by atoms with Gasteiger partial charge in [0.1, 0.15) is 0 Å². The Morgan fingerprint density at radius 1 is 0.350 bits per heavy atom. The molecule has 0 saturated heterocycles. The fourth-order valence-corrected chi connectivity index (χ4v) is 11.7. The van der Waals surface area contributed by atoms with Crippen molar-refractivity contribution in [2.75, 3.05) is 13.2 Å². The molecular formula is C74H143NO5. The van der Waals surface area contributed by atoms with Crippen LogP contribution < -0.4 is 5.32 Å². The number of rotatable bonds is 69. The molecule has 0 aliphatic carbocycles. The Labute approximate surface area is 501 Å². The maximum atomic E-state index is 12.6. The third-order valence-corrected chi connectivity index (χ3v) is 17.3. The van der Waals surface area contributed by atoms with Gasteiger partial charge < -0.3 is 20.3 Å². The van der Waals surface area contributed by atoms with E-state index in [-0.39, 0.29) is 18.5 Å². The average molecular weight is 1130 g/mol. The molecule has 0 bridgehead atoms. The molecule has 0 aliphatic rings. The predicted molar refractivity (Wildman–Crippen MR) is 352 cm³/mol. The van der Waals surface area contributed by atoms with Gasteiger partial charge in [0, 0.05) is 12.8 Å². The van der Waals surface area contributed by atoms with Crippen molar-refractivity contribution < 1.29 is 24.5 Å². The minimum absolute atomic E-state index is 0.0125. The van der Waals surface area contributed by atoms with Gasteiger partial charge in [-0.15, -0.1) is 0 Å². The third kappa shape index (κ3) is 65.5. The summed E-state index contributed by atoms with van der Waals surface area (Å²) >= 11 is 0. The number of allylic oxidation sites excluding steroid dienone is 4. The molecule has 0 heterocycles. The van der Waals surface area contributed by atoms with Crippen molar-refractivity contribution in [3.05, 3.63) is 24.3 Å². The molecule has 1 amide bonds. The normalized spacial score (nSPS) is 12.6. The van der Waals surface area contributed by atoms with Crippen LogP contribution in [0.4, 0.5) is 0 Å². The molecule has 6 nitrogen and oxygen atoms in total. The highest BCUT2D eigenvalue weighted by Crippen LogP contribution is 2.19. The van der Waals surface area contributed by atoms with Crippen LogP contribution in [0.5, 0.6) is 0 Å². The molecule has 0 radical (unpaired) electrons. The molecule has 6 heteroatoms. The van der Waals surface area contributed by atoms with Crippen molar-refractivity contribution in [2.24, 2.45) is 0 Å². The molecule has 2 atom stereocenters. The fourth-order valence-electron chi connectivity index (χ4n) is 11.7. The zero-order chi connectivity index (χ0) is 57.8. The van der Waals surface area contributed by atoms with Crippen molar-refractivity contribution in [1.82, 2.24) is 5.32 Å². The lowest BCUT2D eigenvalue weighted by molar-refractivity contribution is -0.143. The highest BCUT2D eigenvalue weighted by Gasteiger charge is 2.20. The van der Waals surface area contributed by atoms with Crippen LogP contribution in [0.1, 0.15) is 412 Å². The lowest BCUT2D eigenvalue weighted by Gasteiger charge is -2.22. The fraction of sp³-hybridized carbons (Fsp3) is 0.919. The van der Waals surface area contributed by atoms with Gasteiger partial charge in [-0.25, -0.2) is 0 Å². The van der Waals surface area contributed by atoms with Gasteiger partial charge in [-0.2, -0.15) is 0 Å². The van der Waals surface area contributed by atoms with E-state index in [2.05, 4.69) is 43.5 Å². The van der Waals surface area contributed by atoms with Crippen LogP contribution in [-0.2, 0) is 14.3 Å². The van der Waals surface area contributed by atoms with Gasteiger partial charge in [0.2, 0.25) is 5.91 Å². The number of carbonyl (C=O) groups excluding carboxylic acids is 2. The quantitative estimate of drug-likeness (QED) is 0.0320. The first-order valence-electron chi connectivity index (χ1n) is 36.6. The Bertz CT molecular complexity index is 1250. The van der Waals surface area contributed by atoms with Crippen LogP contribution in [-0.4, -0.2) is 47.4 Å². The molecule has 474 valence electrons. The molecule has 0 aromatic heterocycles. The van der Waals surface area contributed by atoms with E-state index in [0.29, 0.717) is 25.9 Å². The van der Waals surface area contributed by atoms with E-state index in [1.807, 2.05) is 0 Å². The molecule has 0 aromatic carbocycles. The summed E-state index contributed by atoms with van der Waals surface area (Å²) in [5.74, 6) is -0.0185. The topological polar surface area (TPSA) is 95.9 Å². The summed E-state index contributed by atoms with van der Waals surface area (Å²) in [5.41, 5.74) is 0. The van der Waals surface area contributed by atoms with Crippen LogP contribution >= 0.6 is 0 Å². The van der Waals surface area contributed by atoms with Crippen LogP contribution in [0.2, 0.25) is 0 Å². The first kappa shape index (κ1) is 78.3. The minimum atomic E-state index is -0.666. The van der Waals surface area contributed by atoms with Crippen molar-refractivity contribution in [1.29, 1.82) is 0 Å². The monoisotopic (exact) mass is 1130 g/mol. The molecule has 0 saturated carbocycles. The summed E-state index contributed by atoms with van der Waals surface area (Å²) in [6, 6.07) is -0.543. The van der Waals surface area contributed by atoms with Crippen molar-refractivity contribution >= 4 is 11.9 Å². The number of aliphatic hydroxyl groups is 2. The smallest absolute Gasteiger partial charge is 0.305 e. The van der Waals surface area contributed by atoms with Crippen molar-refractivity contribution in [3.63, 3.8) is 0 Å². The second-order valence-corrected chi connectivity index (χ2v) is 25.3. The average Bonchev–Trinajstić information content (AvgIpc) is 3.46. The van der Waals surface area contributed by atoms with E-state index >= 15 is 0 Å². The summed E-state index contributed by atoms with van der Waals surface area (Å²) in [6.07, 6.45) is 88.1.